The van der Waals surface area contributed by atoms with E-state index in [-0.39, 0.29) is 0 Å². The molecule has 2 aromatic rings. The number of rotatable bonds is 7. The number of nitrogens with one attached hydrogen (secondary N) is 2. The first kappa shape index (κ1) is 21.8. The zero-order valence-electron chi connectivity index (χ0n) is 16.2. The van der Waals surface area contributed by atoms with Crippen LogP contribution in [0.3, 0.4) is 0 Å². The van der Waals surface area contributed by atoms with Crippen LogP contribution >= 0.6 is 0 Å². The normalized spacial score (nSPS) is 12.1. The Labute approximate surface area is 164 Å². The molecule has 152 valence electrons. The highest BCUT2D eigenvalue weighted by Gasteiger charge is 2.11. The predicted octanol–water partition coefficient (Wildman–Crippen LogP) is 2.97. The highest BCUT2D eigenvalue weighted by atomic mass is 32.2. The summed E-state index contributed by atoms with van der Waals surface area (Å²) >= 11 is 0. The van der Waals surface area contributed by atoms with Crippen LogP contribution in [0.5, 0.6) is 0 Å². The minimum Gasteiger partial charge on any atom is -0.357 e. The van der Waals surface area contributed by atoms with E-state index in [9.17, 15) is 17.2 Å². The third-order valence-electron chi connectivity index (χ3n) is 4.10. The third-order valence-corrected chi connectivity index (χ3v) is 5.36. The summed E-state index contributed by atoms with van der Waals surface area (Å²) in [5, 5.41) is 6.22. The molecule has 0 spiro atoms. The first-order valence-electron chi connectivity index (χ1n) is 8.96. The monoisotopic (exact) mass is 409 g/mol. The second-order valence-electron chi connectivity index (χ2n) is 6.48. The number of benzene rings is 2. The van der Waals surface area contributed by atoms with Crippen molar-refractivity contribution in [3.63, 3.8) is 0 Å². The molecule has 28 heavy (non-hydrogen) atoms. The number of hydrogen-bond acceptors (Lipinski definition) is 3. The average molecular weight is 410 g/mol. The Balaban J connectivity index is 2.01. The van der Waals surface area contributed by atoms with Gasteiger partial charge in [0.05, 0.1) is 11.4 Å². The Morgan fingerprint density at radius 2 is 1.86 bits per heavy atom. The van der Waals surface area contributed by atoms with Crippen molar-refractivity contribution in [3.8, 4) is 0 Å². The van der Waals surface area contributed by atoms with E-state index >= 15 is 0 Å². The Morgan fingerprint density at radius 3 is 2.46 bits per heavy atom. The Hall–Kier alpha value is -2.48. The summed E-state index contributed by atoms with van der Waals surface area (Å²) in [6, 6.07) is 8.68. The van der Waals surface area contributed by atoms with Gasteiger partial charge in [-0.3, -0.25) is 0 Å². The Bertz CT molecular complexity index is 960. The van der Waals surface area contributed by atoms with Crippen LogP contribution in [0.1, 0.15) is 23.6 Å². The lowest BCUT2D eigenvalue weighted by atomic mass is 10.1. The van der Waals surface area contributed by atoms with Crippen LogP contribution < -0.4 is 10.6 Å². The number of aliphatic imine (C=N–C) groups is 1. The van der Waals surface area contributed by atoms with Gasteiger partial charge >= 0.3 is 0 Å². The Kier molecular flexibility index (Phi) is 7.51. The number of aryl methyl sites for hydroxylation is 1. The second-order valence-corrected chi connectivity index (χ2v) is 8.46. The van der Waals surface area contributed by atoms with Crippen molar-refractivity contribution < 1.29 is 17.2 Å². The van der Waals surface area contributed by atoms with Crippen molar-refractivity contribution in [1.82, 2.24) is 10.6 Å². The lowest BCUT2D eigenvalue weighted by Crippen LogP contribution is -2.38. The van der Waals surface area contributed by atoms with Crippen molar-refractivity contribution in [2.45, 2.75) is 31.7 Å². The lowest BCUT2D eigenvalue weighted by molar-refractivity contribution is 0.570. The molecule has 2 aromatic carbocycles. The van der Waals surface area contributed by atoms with Crippen LogP contribution in [0.4, 0.5) is 8.78 Å². The van der Waals surface area contributed by atoms with Gasteiger partial charge in [0.15, 0.2) is 15.8 Å². The molecule has 2 N–H and O–H groups in total. The molecule has 8 heteroatoms. The van der Waals surface area contributed by atoms with Gasteiger partial charge in [0.2, 0.25) is 0 Å². The molecule has 0 bridgehead atoms. The molecule has 0 aromatic heterocycles. The zero-order valence-corrected chi connectivity index (χ0v) is 17.0. The summed E-state index contributed by atoms with van der Waals surface area (Å²) in [6.45, 7) is 5.14. The first-order chi connectivity index (χ1) is 13.2. The fraction of sp³-hybridized carbons (Fsp3) is 0.350. The molecule has 0 unspecified atom stereocenters. The summed E-state index contributed by atoms with van der Waals surface area (Å²) in [5.74, 6) is -0.596. The SMILES string of the molecule is CCNC(=NCc1ccc(S(C)(=O)=O)c(C)c1)NCCc1ccc(F)cc1F. The molecule has 0 radical (unpaired) electrons. The predicted molar refractivity (Wildman–Crippen MR) is 107 cm³/mol. The average Bonchev–Trinajstić information content (AvgIpc) is 2.60. The molecular formula is C20H25F2N3O2S. The minimum absolute atomic E-state index is 0.312. The topological polar surface area (TPSA) is 70.6 Å². The zero-order chi connectivity index (χ0) is 20.7. The second kappa shape index (κ2) is 9.64. The van der Waals surface area contributed by atoms with Gasteiger partial charge in [-0.2, -0.15) is 0 Å². The molecule has 5 nitrogen and oxygen atoms in total. The van der Waals surface area contributed by atoms with Gasteiger partial charge < -0.3 is 10.6 Å². The van der Waals surface area contributed by atoms with Gasteiger partial charge in [0.25, 0.3) is 0 Å². The van der Waals surface area contributed by atoms with Crippen LogP contribution in [0.25, 0.3) is 0 Å². The van der Waals surface area contributed by atoms with E-state index in [0.29, 0.717) is 48.0 Å². The minimum atomic E-state index is -3.25. The van der Waals surface area contributed by atoms with Crippen LogP contribution in [0.15, 0.2) is 46.3 Å². The Morgan fingerprint density at radius 1 is 1.11 bits per heavy atom. The maximum Gasteiger partial charge on any atom is 0.191 e. The van der Waals surface area contributed by atoms with Gasteiger partial charge in [-0.1, -0.05) is 18.2 Å². The van der Waals surface area contributed by atoms with Crippen molar-refractivity contribution in [2.75, 3.05) is 19.3 Å². The third kappa shape index (κ3) is 6.30. The van der Waals surface area contributed by atoms with Gasteiger partial charge in [0.1, 0.15) is 11.6 Å². The van der Waals surface area contributed by atoms with Crippen LogP contribution in [-0.2, 0) is 22.8 Å². The highest BCUT2D eigenvalue weighted by Crippen LogP contribution is 2.17. The standard InChI is InChI=1S/C20H25F2N3O2S/c1-4-23-20(24-10-9-16-6-7-17(21)12-18(16)22)25-13-15-5-8-19(14(2)11-15)28(3,26)27/h5-8,11-12H,4,9-10,13H2,1-3H3,(H2,23,24,25). The summed E-state index contributed by atoms with van der Waals surface area (Å²) in [7, 11) is -3.25. The number of hydrogen-bond donors (Lipinski definition) is 2. The molecular weight excluding hydrogens is 384 g/mol. The van der Waals surface area contributed by atoms with Crippen molar-refractivity contribution >= 4 is 15.8 Å². The summed E-state index contributed by atoms with van der Waals surface area (Å²) in [4.78, 5) is 4.79. The number of halogens is 2. The van der Waals surface area contributed by atoms with Gasteiger partial charge in [-0.25, -0.2) is 22.2 Å². The molecule has 0 fully saturated rings. The number of guanidine groups is 1. The molecule has 0 aliphatic heterocycles. The molecule has 0 aliphatic rings. The molecule has 0 saturated carbocycles. The van der Waals surface area contributed by atoms with Crippen molar-refractivity contribution in [3.05, 3.63) is 64.7 Å². The van der Waals surface area contributed by atoms with Crippen LogP contribution in [0, 0.1) is 18.6 Å². The molecule has 0 saturated heterocycles. The van der Waals surface area contributed by atoms with Gasteiger partial charge in [0, 0.05) is 25.4 Å². The summed E-state index contributed by atoms with van der Waals surface area (Å²) < 4.78 is 50.0. The van der Waals surface area contributed by atoms with Gasteiger partial charge in [-0.15, -0.1) is 0 Å². The van der Waals surface area contributed by atoms with E-state index < -0.39 is 21.5 Å². The summed E-state index contributed by atoms with van der Waals surface area (Å²) in [5.41, 5.74) is 1.99. The summed E-state index contributed by atoms with van der Waals surface area (Å²) in [6.07, 6.45) is 1.57. The smallest absolute Gasteiger partial charge is 0.191 e. The molecule has 0 amide bonds. The lowest BCUT2D eigenvalue weighted by Gasteiger charge is -2.12. The van der Waals surface area contributed by atoms with Gasteiger partial charge in [-0.05, 0) is 49.1 Å². The fourth-order valence-corrected chi connectivity index (χ4v) is 3.74. The van der Waals surface area contributed by atoms with E-state index in [4.69, 9.17) is 0 Å². The molecule has 2 rings (SSSR count). The van der Waals surface area contributed by atoms with E-state index in [0.717, 1.165) is 11.6 Å². The molecule has 0 atom stereocenters. The largest absolute Gasteiger partial charge is 0.357 e. The van der Waals surface area contributed by atoms with Crippen LogP contribution in [0.2, 0.25) is 0 Å². The maximum atomic E-state index is 13.7. The van der Waals surface area contributed by atoms with E-state index in [1.54, 1.807) is 25.1 Å². The van der Waals surface area contributed by atoms with Crippen LogP contribution in [-0.4, -0.2) is 33.7 Å². The fourth-order valence-electron chi connectivity index (χ4n) is 2.78. The first-order valence-corrected chi connectivity index (χ1v) is 10.9. The van der Waals surface area contributed by atoms with E-state index in [2.05, 4.69) is 15.6 Å². The molecule has 0 aliphatic carbocycles. The van der Waals surface area contributed by atoms with Crippen molar-refractivity contribution in [2.24, 2.45) is 4.99 Å². The number of sulfone groups is 1. The number of nitrogens with zero attached hydrogens (tertiary/aromatic N) is 1. The maximum absolute atomic E-state index is 13.7. The van der Waals surface area contributed by atoms with Crippen molar-refractivity contribution in [1.29, 1.82) is 0 Å². The highest BCUT2D eigenvalue weighted by molar-refractivity contribution is 7.90. The quantitative estimate of drug-likeness (QED) is 0.545. The van der Waals surface area contributed by atoms with E-state index in [1.165, 1.54) is 18.4 Å². The van der Waals surface area contributed by atoms with E-state index in [1.807, 2.05) is 6.92 Å². The molecule has 0 heterocycles.